The van der Waals surface area contributed by atoms with Crippen LogP contribution in [0, 0.1) is 0 Å². The molecule has 2 aliphatic heterocycles. The second-order valence-electron chi connectivity index (χ2n) is 9.42. The van der Waals surface area contributed by atoms with Crippen LogP contribution in [0.25, 0.3) is 10.8 Å². The molecule has 1 amide bonds. The van der Waals surface area contributed by atoms with Crippen molar-refractivity contribution in [1.29, 1.82) is 0 Å². The van der Waals surface area contributed by atoms with E-state index in [1.807, 2.05) is 0 Å². The van der Waals surface area contributed by atoms with Crippen LogP contribution in [-0.2, 0) is 30.8 Å². The van der Waals surface area contributed by atoms with Crippen molar-refractivity contribution in [3.8, 4) is 5.75 Å². The third-order valence-corrected chi connectivity index (χ3v) is 10.2. The van der Waals surface area contributed by atoms with Gasteiger partial charge in [0, 0.05) is 24.5 Å². The summed E-state index contributed by atoms with van der Waals surface area (Å²) in [6, 6.07) is 1.47. The van der Waals surface area contributed by atoms with E-state index in [1.165, 1.54) is 30.0 Å². The zero-order valence-corrected chi connectivity index (χ0v) is 23.1. The predicted molar refractivity (Wildman–Crippen MR) is 140 cm³/mol. The highest BCUT2D eigenvalue weighted by Gasteiger charge is 2.49. The highest BCUT2D eigenvalue weighted by molar-refractivity contribution is 7.91. The number of nitrogen functional groups attached to an aromatic ring is 1. The number of nitrogens with zero attached hydrogens (tertiary/aromatic N) is 4. The van der Waals surface area contributed by atoms with Crippen molar-refractivity contribution < 1.29 is 40.7 Å². The highest BCUT2D eigenvalue weighted by atomic mass is 32.2. The molecule has 3 aromatic rings. The Balaban J connectivity index is 1.50. The average Bonchev–Trinajstić information content (AvgIpc) is 3.55. The lowest BCUT2D eigenvalue weighted by atomic mass is 10.00. The monoisotopic (exact) mass is 614 g/mol. The number of ether oxygens (including phenoxy) is 2. The van der Waals surface area contributed by atoms with Gasteiger partial charge in [-0.3, -0.25) is 9.78 Å². The number of pyridine rings is 1. The number of fused-ring (bicyclic) bond motifs is 1. The molecule has 4 heterocycles. The van der Waals surface area contributed by atoms with E-state index in [4.69, 9.17) is 10.5 Å². The number of methoxy groups -OCH3 is 1. The maximum absolute atomic E-state index is 13.8. The van der Waals surface area contributed by atoms with E-state index in [9.17, 15) is 31.2 Å². The summed E-state index contributed by atoms with van der Waals surface area (Å²) in [6.45, 7) is 0.517. The molecular weight excluding hydrogens is 589 g/mol. The van der Waals surface area contributed by atoms with Gasteiger partial charge in [0.05, 0.1) is 25.0 Å². The van der Waals surface area contributed by atoms with Gasteiger partial charge in [-0.1, -0.05) is 0 Å². The number of likely N-dealkylation sites (tertiary alicyclic amines) is 1. The van der Waals surface area contributed by atoms with E-state index in [0.717, 1.165) is 33.7 Å². The first-order valence-electron chi connectivity index (χ1n) is 12.4. The van der Waals surface area contributed by atoms with Crippen molar-refractivity contribution in [1.82, 2.24) is 24.5 Å². The van der Waals surface area contributed by atoms with Gasteiger partial charge >= 0.3 is 12.3 Å². The fourth-order valence-electron chi connectivity index (χ4n) is 5.03. The number of benzene rings is 1. The molecule has 0 radical (unpaired) electrons. The average molecular weight is 615 g/mol. The number of rotatable bonds is 9. The van der Waals surface area contributed by atoms with Crippen molar-refractivity contribution in [3.05, 3.63) is 41.7 Å². The van der Waals surface area contributed by atoms with Crippen LogP contribution >= 0.6 is 11.3 Å². The maximum atomic E-state index is 13.8. The summed E-state index contributed by atoms with van der Waals surface area (Å²) in [5.41, 5.74) is 7.17. The Morgan fingerprint density at radius 3 is 2.71 bits per heavy atom. The SMILES string of the molecule is COC(=O)[C@@H](Cc1cc2ccnc(N)c2cc1OC(F)(F)F)N1CC[C@H](N(C2CCN2)S(=O)(=O)c2cncs2)C1=O. The van der Waals surface area contributed by atoms with Gasteiger partial charge in [0.2, 0.25) is 5.91 Å². The van der Waals surface area contributed by atoms with E-state index in [-0.39, 0.29) is 33.9 Å². The van der Waals surface area contributed by atoms with Crippen LogP contribution in [0.2, 0.25) is 0 Å². The number of aromatic nitrogens is 2. The van der Waals surface area contributed by atoms with Gasteiger partial charge in [0.15, 0.2) is 4.21 Å². The summed E-state index contributed by atoms with van der Waals surface area (Å²) in [4.78, 5) is 35.6. The normalized spacial score (nSPS) is 20.3. The molecular formula is C24H25F3N6O6S2. The number of carbonyl (C=O) groups excluding carboxylic acids is 2. The summed E-state index contributed by atoms with van der Waals surface area (Å²) in [5, 5.41) is 3.66. The molecule has 12 nitrogen and oxygen atoms in total. The van der Waals surface area contributed by atoms with E-state index in [0.29, 0.717) is 18.4 Å². The molecule has 17 heteroatoms. The van der Waals surface area contributed by atoms with Gasteiger partial charge in [0.25, 0.3) is 10.0 Å². The number of nitrogens with two attached hydrogens (primary N) is 1. The molecule has 0 aliphatic carbocycles. The second-order valence-corrected chi connectivity index (χ2v) is 12.4. The minimum Gasteiger partial charge on any atom is -0.467 e. The second kappa shape index (κ2) is 11.0. The Morgan fingerprint density at radius 1 is 1.34 bits per heavy atom. The Morgan fingerprint density at radius 2 is 2.10 bits per heavy atom. The molecule has 2 aliphatic rings. The quantitative estimate of drug-likeness (QED) is 0.341. The number of alkyl halides is 3. The molecule has 0 bridgehead atoms. The number of anilines is 1. The standard InChI is InChI=1S/C24H25F3N6O6S2/c1-38-23(35)17(9-14-8-13-2-5-31-21(28)15(13)10-18(14)39-24(25,26)27)32-7-4-16(22(32)34)33(19-3-6-30-19)41(36,37)20-11-29-12-40-20/h2,5,8,10-12,16-17,19,30H,3-4,6-7,9H2,1H3,(H2,28,31)/t16-,17+,19?/m0/s1. The maximum Gasteiger partial charge on any atom is 0.573 e. The molecule has 1 aromatic carbocycles. The topological polar surface area (TPSA) is 157 Å². The van der Waals surface area contributed by atoms with Gasteiger partial charge in [0.1, 0.15) is 23.7 Å². The molecule has 0 saturated carbocycles. The van der Waals surface area contributed by atoms with Crippen LogP contribution in [0.3, 0.4) is 0 Å². The van der Waals surface area contributed by atoms with Crippen molar-refractivity contribution in [2.45, 2.75) is 48.1 Å². The first-order chi connectivity index (χ1) is 19.4. The number of thiazole rings is 1. The van der Waals surface area contributed by atoms with Crippen LogP contribution in [0.5, 0.6) is 5.75 Å². The van der Waals surface area contributed by atoms with E-state index in [1.54, 1.807) is 0 Å². The number of carbonyl (C=O) groups is 2. The van der Waals surface area contributed by atoms with E-state index < -0.39 is 58.7 Å². The lowest BCUT2D eigenvalue weighted by Gasteiger charge is -2.40. The molecule has 2 saturated heterocycles. The van der Waals surface area contributed by atoms with Gasteiger partial charge < -0.3 is 25.4 Å². The number of sulfonamides is 1. The summed E-state index contributed by atoms with van der Waals surface area (Å²) >= 11 is 0.909. The number of hydrogen-bond donors (Lipinski definition) is 2. The lowest BCUT2D eigenvalue weighted by Crippen LogP contribution is -2.61. The zero-order chi connectivity index (χ0) is 29.5. The van der Waals surface area contributed by atoms with Crippen LogP contribution in [0.4, 0.5) is 19.0 Å². The Kier molecular flexibility index (Phi) is 7.80. The molecule has 220 valence electrons. The number of esters is 1. The van der Waals surface area contributed by atoms with Crippen molar-refractivity contribution in [3.63, 3.8) is 0 Å². The third-order valence-electron chi connectivity index (χ3n) is 7.03. The molecule has 41 heavy (non-hydrogen) atoms. The first kappa shape index (κ1) is 29.0. The molecule has 3 atom stereocenters. The van der Waals surface area contributed by atoms with Crippen LogP contribution in [0.15, 0.2) is 40.3 Å². The number of amides is 1. The van der Waals surface area contributed by atoms with Gasteiger partial charge in [-0.2, -0.15) is 4.31 Å². The summed E-state index contributed by atoms with van der Waals surface area (Å²) in [5.74, 6) is -2.19. The van der Waals surface area contributed by atoms with Crippen LogP contribution < -0.4 is 15.8 Å². The van der Waals surface area contributed by atoms with Gasteiger partial charge in [-0.25, -0.2) is 18.2 Å². The van der Waals surface area contributed by atoms with Crippen molar-refractivity contribution in [2.75, 3.05) is 25.9 Å². The van der Waals surface area contributed by atoms with E-state index >= 15 is 0 Å². The first-order valence-corrected chi connectivity index (χ1v) is 14.7. The third kappa shape index (κ3) is 5.66. The van der Waals surface area contributed by atoms with Crippen molar-refractivity contribution in [2.24, 2.45) is 0 Å². The minimum atomic E-state index is -5.06. The fraction of sp³-hybridized carbons (Fsp3) is 0.417. The summed E-state index contributed by atoms with van der Waals surface area (Å²) in [7, 11) is -3.03. The minimum absolute atomic E-state index is 0.0185. The molecule has 2 aromatic heterocycles. The lowest BCUT2D eigenvalue weighted by molar-refractivity contribution is -0.274. The fourth-order valence-corrected chi connectivity index (χ4v) is 7.69. The van der Waals surface area contributed by atoms with Gasteiger partial charge in [-0.05, 0) is 48.5 Å². The zero-order valence-electron chi connectivity index (χ0n) is 21.5. The molecule has 1 unspecified atom stereocenters. The highest BCUT2D eigenvalue weighted by Crippen LogP contribution is 2.36. The van der Waals surface area contributed by atoms with Crippen molar-refractivity contribution >= 4 is 49.8 Å². The summed E-state index contributed by atoms with van der Waals surface area (Å²) in [6.07, 6.45) is -3.01. The summed E-state index contributed by atoms with van der Waals surface area (Å²) < 4.78 is 77.2. The molecule has 2 fully saturated rings. The molecule has 0 spiro atoms. The smallest absolute Gasteiger partial charge is 0.467 e. The van der Waals surface area contributed by atoms with E-state index in [2.05, 4.69) is 20.0 Å². The molecule has 5 rings (SSSR count). The molecule has 3 N–H and O–H groups in total. The Labute approximate surface area is 236 Å². The number of hydrogen-bond acceptors (Lipinski definition) is 11. The number of nitrogens with one attached hydrogen (secondary N) is 1. The Bertz CT molecular complexity index is 1570. The van der Waals surface area contributed by atoms with Crippen LogP contribution in [-0.4, -0.2) is 84.3 Å². The largest absolute Gasteiger partial charge is 0.573 e. The van der Waals surface area contributed by atoms with Gasteiger partial charge in [-0.15, -0.1) is 24.5 Å². The predicted octanol–water partition coefficient (Wildman–Crippen LogP) is 1.87. The van der Waals surface area contributed by atoms with Crippen LogP contribution in [0.1, 0.15) is 18.4 Å². The Hall–Kier alpha value is -3.54. The number of halogens is 3.